The van der Waals surface area contributed by atoms with Crippen LogP contribution in [0.25, 0.3) is 5.57 Å². The van der Waals surface area contributed by atoms with E-state index in [2.05, 4.69) is 53.4 Å². The van der Waals surface area contributed by atoms with Crippen LogP contribution >= 0.6 is 11.6 Å². The second-order valence-electron chi connectivity index (χ2n) is 12.6. The molecule has 2 aliphatic carbocycles. The van der Waals surface area contributed by atoms with Gasteiger partial charge in [-0.3, -0.25) is 9.78 Å². The first-order valence-electron chi connectivity index (χ1n) is 16.2. The number of aryl methyl sites for hydroxylation is 2. The van der Waals surface area contributed by atoms with Crippen molar-refractivity contribution in [3.8, 4) is 5.75 Å². The first kappa shape index (κ1) is 29.9. The van der Waals surface area contributed by atoms with Crippen molar-refractivity contribution in [2.75, 3.05) is 26.2 Å². The summed E-state index contributed by atoms with van der Waals surface area (Å²) in [6, 6.07) is 19.3. The summed E-state index contributed by atoms with van der Waals surface area (Å²) in [5.74, 6) is 1.16. The summed E-state index contributed by atoms with van der Waals surface area (Å²) >= 11 is 6.39. The molecule has 1 aliphatic heterocycles. The Bertz CT molecular complexity index is 1430. The fraction of sp³-hybridized carbons (Fsp3) is 0.459. The molecule has 1 aromatic heterocycles. The highest BCUT2D eigenvalue weighted by molar-refractivity contribution is 6.30. The lowest BCUT2D eigenvalue weighted by Crippen LogP contribution is -2.32. The third-order valence-electron chi connectivity index (χ3n) is 9.74. The molecule has 6 heteroatoms. The normalized spacial score (nSPS) is 20.7. The molecule has 0 amide bonds. The van der Waals surface area contributed by atoms with Crippen molar-refractivity contribution in [1.29, 1.82) is 0 Å². The van der Waals surface area contributed by atoms with E-state index in [4.69, 9.17) is 26.4 Å². The van der Waals surface area contributed by atoms with Gasteiger partial charge in [-0.15, -0.1) is 0 Å². The largest absolute Gasteiger partial charge is 0.494 e. The molecule has 226 valence electrons. The Balaban J connectivity index is 0.961. The summed E-state index contributed by atoms with van der Waals surface area (Å²) in [5, 5.41) is 9.86. The number of carbonyl (C=O) groups is 1. The molecule has 1 saturated carbocycles. The standard InChI is InChI=1S/C37H43ClN2O3/c38-32-13-16-34-31(25-32)10-9-30-4-3-19-39-37(30)36(34)29-17-21-40(22-18-29)20-1-2-23-43-33-14-11-28(12-15-33)27-7-5-26(6-8-27)24-35(41)42/h3-4,11-16,19,25-27H,1-2,5-10,17-18,20-24H2,(H,41,42)/t26-,27-. The summed E-state index contributed by atoms with van der Waals surface area (Å²) in [7, 11) is 0. The topological polar surface area (TPSA) is 62.7 Å². The van der Waals surface area contributed by atoms with E-state index >= 15 is 0 Å². The van der Waals surface area contributed by atoms with Crippen LogP contribution in [0, 0.1) is 5.92 Å². The molecule has 0 radical (unpaired) electrons. The van der Waals surface area contributed by atoms with Crippen LogP contribution in [0.5, 0.6) is 5.75 Å². The van der Waals surface area contributed by atoms with Crippen LogP contribution in [-0.4, -0.2) is 47.2 Å². The molecule has 0 spiro atoms. The van der Waals surface area contributed by atoms with Crippen molar-refractivity contribution in [3.05, 3.63) is 99.3 Å². The molecule has 0 atom stereocenters. The van der Waals surface area contributed by atoms with Crippen molar-refractivity contribution in [3.63, 3.8) is 0 Å². The van der Waals surface area contributed by atoms with E-state index < -0.39 is 5.97 Å². The quantitative estimate of drug-likeness (QED) is 0.251. The van der Waals surface area contributed by atoms with Crippen LogP contribution in [0.2, 0.25) is 5.02 Å². The van der Waals surface area contributed by atoms with Gasteiger partial charge in [0.2, 0.25) is 0 Å². The number of aliphatic carboxylic acids is 1. The molecule has 5 nitrogen and oxygen atoms in total. The van der Waals surface area contributed by atoms with E-state index in [1.165, 1.54) is 39.1 Å². The zero-order valence-corrected chi connectivity index (χ0v) is 25.8. The Kier molecular flexibility index (Phi) is 9.80. The number of rotatable bonds is 9. The van der Waals surface area contributed by atoms with Gasteiger partial charge >= 0.3 is 5.97 Å². The summed E-state index contributed by atoms with van der Waals surface area (Å²) in [5.41, 5.74) is 9.40. The van der Waals surface area contributed by atoms with E-state index in [1.807, 2.05) is 12.3 Å². The minimum absolute atomic E-state index is 0.314. The number of carboxylic acid groups (broad SMARTS) is 1. The molecule has 43 heavy (non-hydrogen) atoms. The lowest BCUT2D eigenvalue weighted by Gasteiger charge is -2.30. The molecular weight excluding hydrogens is 556 g/mol. The van der Waals surface area contributed by atoms with E-state index in [1.54, 1.807) is 0 Å². The Morgan fingerprint density at radius 1 is 0.930 bits per heavy atom. The summed E-state index contributed by atoms with van der Waals surface area (Å²) in [4.78, 5) is 18.5. The number of halogens is 1. The monoisotopic (exact) mass is 598 g/mol. The Labute approximate surface area is 260 Å². The molecule has 3 aliphatic rings. The van der Waals surface area contributed by atoms with Gasteiger partial charge in [-0.25, -0.2) is 0 Å². The fourth-order valence-corrected chi connectivity index (χ4v) is 7.54. The SMILES string of the molecule is O=C(O)C[C@H]1CC[C@H](c2ccc(OCCCCN3CCC(=C4c5ccc(Cl)cc5CCc5cccnc54)CC3)cc2)CC1. The van der Waals surface area contributed by atoms with Crippen molar-refractivity contribution in [2.45, 2.75) is 76.5 Å². The maximum atomic E-state index is 11.0. The Morgan fingerprint density at radius 3 is 2.47 bits per heavy atom. The molecule has 2 aromatic carbocycles. The maximum absolute atomic E-state index is 11.0. The average Bonchev–Trinajstić information content (AvgIpc) is 3.18. The van der Waals surface area contributed by atoms with Gasteiger partial charge < -0.3 is 14.7 Å². The van der Waals surface area contributed by atoms with Gasteiger partial charge in [0, 0.05) is 36.3 Å². The van der Waals surface area contributed by atoms with Gasteiger partial charge in [0.15, 0.2) is 0 Å². The van der Waals surface area contributed by atoms with E-state index in [0.717, 1.165) is 101 Å². The number of fused-ring (bicyclic) bond motifs is 2. The van der Waals surface area contributed by atoms with Crippen LogP contribution in [-0.2, 0) is 17.6 Å². The van der Waals surface area contributed by atoms with Crippen LogP contribution in [0.1, 0.15) is 91.7 Å². The number of benzene rings is 2. The third-order valence-corrected chi connectivity index (χ3v) is 9.98. The smallest absolute Gasteiger partial charge is 0.303 e. The third kappa shape index (κ3) is 7.50. The number of likely N-dealkylation sites (tertiary alicyclic amines) is 1. The number of unbranched alkanes of at least 4 members (excludes halogenated alkanes) is 1. The lowest BCUT2D eigenvalue weighted by molar-refractivity contribution is -0.138. The average molecular weight is 599 g/mol. The van der Waals surface area contributed by atoms with E-state index in [0.29, 0.717) is 18.3 Å². The highest BCUT2D eigenvalue weighted by Crippen LogP contribution is 2.39. The number of aromatic nitrogens is 1. The Morgan fingerprint density at radius 2 is 1.70 bits per heavy atom. The summed E-state index contributed by atoms with van der Waals surface area (Å²) < 4.78 is 6.07. The molecular formula is C37H43ClN2O3. The molecule has 2 heterocycles. The van der Waals surface area contributed by atoms with Crippen LogP contribution in [0.15, 0.2) is 66.4 Å². The predicted molar refractivity (Wildman–Crippen MR) is 173 cm³/mol. The summed E-state index contributed by atoms with van der Waals surface area (Å²) in [6.45, 7) is 4.02. The van der Waals surface area contributed by atoms with Crippen LogP contribution in [0.3, 0.4) is 0 Å². The maximum Gasteiger partial charge on any atom is 0.303 e. The van der Waals surface area contributed by atoms with Gasteiger partial charge in [0.25, 0.3) is 0 Å². The molecule has 0 unspecified atom stereocenters. The first-order chi connectivity index (χ1) is 21.0. The van der Waals surface area contributed by atoms with Gasteiger partial charge in [0.05, 0.1) is 12.3 Å². The van der Waals surface area contributed by atoms with E-state index in [9.17, 15) is 4.79 Å². The number of carboxylic acids is 1. The molecule has 3 aromatic rings. The van der Waals surface area contributed by atoms with Crippen molar-refractivity contribution >= 4 is 23.1 Å². The van der Waals surface area contributed by atoms with Gasteiger partial charge in [-0.1, -0.05) is 41.4 Å². The minimum atomic E-state index is -0.667. The van der Waals surface area contributed by atoms with Crippen molar-refractivity contribution in [2.24, 2.45) is 5.92 Å². The second-order valence-corrected chi connectivity index (χ2v) is 13.0. The number of hydrogen-bond acceptors (Lipinski definition) is 4. The zero-order chi connectivity index (χ0) is 29.6. The Hall–Kier alpha value is -3.15. The zero-order valence-electron chi connectivity index (χ0n) is 25.1. The first-order valence-corrected chi connectivity index (χ1v) is 16.5. The second kappa shape index (κ2) is 14.1. The number of nitrogens with zero attached hydrogens (tertiary/aromatic N) is 2. The van der Waals surface area contributed by atoms with Gasteiger partial charge in [-0.05, 0) is 135 Å². The fourth-order valence-electron chi connectivity index (χ4n) is 7.34. The van der Waals surface area contributed by atoms with Crippen LogP contribution in [0.4, 0.5) is 0 Å². The highest BCUT2D eigenvalue weighted by atomic mass is 35.5. The number of pyridine rings is 1. The molecule has 1 N–H and O–H groups in total. The van der Waals surface area contributed by atoms with E-state index in [-0.39, 0.29) is 0 Å². The minimum Gasteiger partial charge on any atom is -0.494 e. The molecule has 2 fully saturated rings. The van der Waals surface area contributed by atoms with Gasteiger partial charge in [0.1, 0.15) is 5.75 Å². The molecule has 6 rings (SSSR count). The lowest BCUT2D eigenvalue weighted by atomic mass is 9.77. The molecule has 0 bridgehead atoms. The number of hydrogen-bond donors (Lipinski definition) is 1. The molecule has 1 saturated heterocycles. The predicted octanol–water partition coefficient (Wildman–Crippen LogP) is 8.34. The highest BCUT2D eigenvalue weighted by Gasteiger charge is 2.26. The van der Waals surface area contributed by atoms with Crippen molar-refractivity contribution in [1.82, 2.24) is 9.88 Å². The van der Waals surface area contributed by atoms with Gasteiger partial charge in [-0.2, -0.15) is 0 Å². The van der Waals surface area contributed by atoms with Crippen molar-refractivity contribution < 1.29 is 14.6 Å². The summed E-state index contributed by atoms with van der Waals surface area (Å²) in [6.07, 6.45) is 12.8. The van der Waals surface area contributed by atoms with Crippen LogP contribution < -0.4 is 4.74 Å². The number of ether oxygens (including phenoxy) is 1. The number of piperidine rings is 1.